The van der Waals surface area contributed by atoms with E-state index in [1.165, 1.54) is 0 Å². The van der Waals surface area contributed by atoms with Crippen LogP contribution in [0.3, 0.4) is 0 Å². The lowest BCUT2D eigenvalue weighted by atomic mass is 10.2. The Kier molecular flexibility index (Phi) is 3.45. The van der Waals surface area contributed by atoms with Crippen molar-refractivity contribution in [1.82, 2.24) is 10.1 Å². The summed E-state index contributed by atoms with van der Waals surface area (Å²) < 4.78 is 16.4. The quantitative estimate of drug-likeness (QED) is 0.928. The number of anilines is 1. The number of benzene rings is 1. The number of rotatable bonds is 3. The Balaban J connectivity index is 1.76. The Labute approximate surface area is 117 Å². The number of aromatic nitrogens is 2. The molecular formula is C14H17N3O3. The third-order valence-electron chi connectivity index (χ3n) is 3.04. The van der Waals surface area contributed by atoms with Gasteiger partial charge in [-0.1, -0.05) is 5.16 Å². The Hall–Kier alpha value is -2.24. The third kappa shape index (κ3) is 2.68. The average molecular weight is 275 g/mol. The summed E-state index contributed by atoms with van der Waals surface area (Å²) in [6.45, 7) is 5.13. The van der Waals surface area contributed by atoms with E-state index in [4.69, 9.17) is 14.0 Å². The van der Waals surface area contributed by atoms with Crippen LogP contribution >= 0.6 is 0 Å². The molecule has 3 rings (SSSR count). The van der Waals surface area contributed by atoms with E-state index < -0.39 is 0 Å². The van der Waals surface area contributed by atoms with Gasteiger partial charge in [-0.15, -0.1) is 0 Å². The molecule has 0 radical (unpaired) electrons. The van der Waals surface area contributed by atoms with Gasteiger partial charge in [-0.05, 0) is 26.0 Å². The fourth-order valence-corrected chi connectivity index (χ4v) is 2.05. The van der Waals surface area contributed by atoms with Gasteiger partial charge in [0.05, 0.1) is 13.2 Å². The minimum absolute atomic E-state index is 0.0686. The number of hydrogen-bond donors (Lipinski definition) is 1. The normalized spacial score (nSPS) is 15.5. The molecule has 6 nitrogen and oxygen atoms in total. The predicted octanol–water partition coefficient (Wildman–Crippen LogP) is 2.71. The van der Waals surface area contributed by atoms with Crippen molar-refractivity contribution in [2.24, 2.45) is 0 Å². The fourth-order valence-electron chi connectivity index (χ4n) is 2.05. The van der Waals surface area contributed by atoms with Crippen molar-refractivity contribution in [2.75, 3.05) is 18.5 Å². The van der Waals surface area contributed by atoms with Gasteiger partial charge < -0.3 is 19.3 Å². The zero-order chi connectivity index (χ0) is 13.9. The van der Waals surface area contributed by atoms with Gasteiger partial charge in [0.25, 0.3) is 0 Å². The molecule has 2 heterocycles. The summed E-state index contributed by atoms with van der Waals surface area (Å²) >= 11 is 0. The molecule has 20 heavy (non-hydrogen) atoms. The number of hydrogen-bond acceptors (Lipinski definition) is 6. The summed E-state index contributed by atoms with van der Waals surface area (Å²) in [5.74, 6) is 2.75. The molecule has 0 bridgehead atoms. The van der Waals surface area contributed by atoms with Crippen molar-refractivity contribution >= 4 is 5.69 Å². The van der Waals surface area contributed by atoms with E-state index in [1.54, 1.807) is 6.92 Å². The lowest BCUT2D eigenvalue weighted by molar-refractivity contribution is 0.297. The second-order valence-electron chi connectivity index (χ2n) is 4.76. The molecule has 106 valence electrons. The molecule has 1 aromatic carbocycles. The van der Waals surface area contributed by atoms with Gasteiger partial charge in [0.2, 0.25) is 5.89 Å². The van der Waals surface area contributed by atoms with Crippen LogP contribution in [0.15, 0.2) is 22.7 Å². The lowest BCUT2D eigenvalue weighted by Crippen LogP contribution is -2.07. The van der Waals surface area contributed by atoms with Crippen molar-refractivity contribution in [3.8, 4) is 11.5 Å². The maximum atomic E-state index is 5.66. The van der Waals surface area contributed by atoms with Crippen molar-refractivity contribution < 1.29 is 14.0 Å². The number of nitrogens with one attached hydrogen (secondary N) is 1. The number of ether oxygens (including phenoxy) is 2. The van der Waals surface area contributed by atoms with Crippen LogP contribution in [0.25, 0.3) is 0 Å². The monoisotopic (exact) mass is 275 g/mol. The zero-order valence-electron chi connectivity index (χ0n) is 11.5. The minimum atomic E-state index is -0.0686. The summed E-state index contributed by atoms with van der Waals surface area (Å²) in [6.07, 6.45) is 0.898. The van der Waals surface area contributed by atoms with Crippen molar-refractivity contribution in [2.45, 2.75) is 26.3 Å². The first-order chi connectivity index (χ1) is 9.72. The van der Waals surface area contributed by atoms with Crippen LogP contribution in [0.1, 0.15) is 31.1 Å². The van der Waals surface area contributed by atoms with Gasteiger partial charge in [-0.2, -0.15) is 4.98 Å². The molecule has 2 aromatic rings. The van der Waals surface area contributed by atoms with E-state index in [1.807, 2.05) is 25.1 Å². The highest BCUT2D eigenvalue weighted by atomic mass is 16.5. The standard InChI is InChI=1S/C14H17N3O3/c1-9(14-16-10(2)17-20-14)15-11-4-5-12-13(8-11)19-7-3-6-18-12/h4-5,8-9,15H,3,6-7H2,1-2H3. The first-order valence-electron chi connectivity index (χ1n) is 6.69. The van der Waals surface area contributed by atoms with Gasteiger partial charge in [0, 0.05) is 18.2 Å². The first kappa shape index (κ1) is 12.8. The smallest absolute Gasteiger partial charge is 0.248 e. The fraction of sp³-hybridized carbons (Fsp3) is 0.429. The maximum Gasteiger partial charge on any atom is 0.248 e. The van der Waals surface area contributed by atoms with Crippen LogP contribution in [0, 0.1) is 6.92 Å². The van der Waals surface area contributed by atoms with Crippen LogP contribution in [-0.4, -0.2) is 23.4 Å². The van der Waals surface area contributed by atoms with E-state index in [0.717, 1.165) is 23.6 Å². The highest BCUT2D eigenvalue weighted by Crippen LogP contribution is 2.33. The molecule has 0 aliphatic carbocycles. The molecule has 1 atom stereocenters. The lowest BCUT2D eigenvalue weighted by Gasteiger charge is -2.13. The Morgan fingerprint density at radius 1 is 1.20 bits per heavy atom. The molecule has 0 fully saturated rings. The first-order valence-corrected chi connectivity index (χ1v) is 6.69. The third-order valence-corrected chi connectivity index (χ3v) is 3.04. The van der Waals surface area contributed by atoms with Gasteiger partial charge in [0.15, 0.2) is 17.3 Å². The SMILES string of the molecule is Cc1noc(C(C)Nc2ccc3c(c2)OCCCO3)n1. The Bertz CT molecular complexity index is 597. The van der Waals surface area contributed by atoms with Crippen molar-refractivity contribution in [1.29, 1.82) is 0 Å². The van der Waals surface area contributed by atoms with E-state index in [0.29, 0.717) is 24.9 Å². The van der Waals surface area contributed by atoms with Crippen LogP contribution in [-0.2, 0) is 0 Å². The highest BCUT2D eigenvalue weighted by molar-refractivity contribution is 5.55. The topological polar surface area (TPSA) is 69.4 Å². The molecule has 0 amide bonds. The summed E-state index contributed by atoms with van der Waals surface area (Å²) in [7, 11) is 0. The summed E-state index contributed by atoms with van der Waals surface area (Å²) in [5, 5.41) is 7.10. The molecule has 6 heteroatoms. The second-order valence-corrected chi connectivity index (χ2v) is 4.76. The van der Waals surface area contributed by atoms with E-state index in [2.05, 4.69) is 15.5 Å². The van der Waals surface area contributed by atoms with E-state index in [-0.39, 0.29) is 6.04 Å². The van der Waals surface area contributed by atoms with Crippen LogP contribution in [0.4, 0.5) is 5.69 Å². The summed E-state index contributed by atoms with van der Waals surface area (Å²) in [5.41, 5.74) is 0.928. The average Bonchev–Trinajstić information content (AvgIpc) is 2.74. The van der Waals surface area contributed by atoms with Crippen LogP contribution < -0.4 is 14.8 Å². The number of aryl methyl sites for hydroxylation is 1. The molecular weight excluding hydrogens is 258 g/mol. The zero-order valence-corrected chi connectivity index (χ0v) is 11.5. The van der Waals surface area contributed by atoms with E-state index >= 15 is 0 Å². The molecule has 1 aromatic heterocycles. The van der Waals surface area contributed by atoms with Crippen molar-refractivity contribution in [3.63, 3.8) is 0 Å². The Morgan fingerprint density at radius 2 is 2.00 bits per heavy atom. The van der Waals surface area contributed by atoms with Gasteiger partial charge >= 0.3 is 0 Å². The second kappa shape index (κ2) is 5.40. The van der Waals surface area contributed by atoms with Gasteiger partial charge in [-0.3, -0.25) is 0 Å². The number of fused-ring (bicyclic) bond motifs is 1. The highest BCUT2D eigenvalue weighted by Gasteiger charge is 2.15. The van der Waals surface area contributed by atoms with Gasteiger partial charge in [0.1, 0.15) is 6.04 Å². The molecule has 1 aliphatic rings. The maximum absolute atomic E-state index is 5.66. The largest absolute Gasteiger partial charge is 0.490 e. The number of nitrogens with zero attached hydrogens (tertiary/aromatic N) is 2. The van der Waals surface area contributed by atoms with Gasteiger partial charge in [-0.25, -0.2) is 0 Å². The molecule has 0 spiro atoms. The minimum Gasteiger partial charge on any atom is -0.490 e. The molecule has 1 unspecified atom stereocenters. The molecule has 1 aliphatic heterocycles. The van der Waals surface area contributed by atoms with Crippen LogP contribution in [0.2, 0.25) is 0 Å². The summed E-state index contributed by atoms with van der Waals surface area (Å²) in [4.78, 5) is 4.21. The molecule has 0 saturated carbocycles. The Morgan fingerprint density at radius 3 is 2.75 bits per heavy atom. The summed E-state index contributed by atoms with van der Waals surface area (Å²) in [6, 6.07) is 5.73. The molecule has 1 N–H and O–H groups in total. The molecule has 0 saturated heterocycles. The van der Waals surface area contributed by atoms with Crippen LogP contribution in [0.5, 0.6) is 11.5 Å². The van der Waals surface area contributed by atoms with Crippen molar-refractivity contribution in [3.05, 3.63) is 29.9 Å². The van der Waals surface area contributed by atoms with E-state index in [9.17, 15) is 0 Å². The predicted molar refractivity (Wildman–Crippen MR) is 73.1 cm³/mol.